The minimum absolute atomic E-state index is 0.0294. The lowest BCUT2D eigenvalue weighted by molar-refractivity contribution is 0.103. The van der Waals surface area contributed by atoms with Crippen LogP contribution in [-0.2, 0) is 0 Å². The lowest BCUT2D eigenvalue weighted by Crippen LogP contribution is -2.02. The zero-order chi connectivity index (χ0) is 15.1. The molecule has 22 heavy (non-hydrogen) atoms. The van der Waals surface area contributed by atoms with E-state index in [2.05, 4.69) is 4.98 Å². The SMILES string of the molecule is O=C(c1cc2ccccc2[nH]1)c1ccc2ccccc2c1O. The Morgan fingerprint density at radius 3 is 2.41 bits per heavy atom. The molecule has 0 saturated heterocycles. The highest BCUT2D eigenvalue weighted by Crippen LogP contribution is 2.30. The molecule has 0 aliphatic carbocycles. The molecule has 0 radical (unpaired) electrons. The van der Waals surface area contributed by atoms with Crippen LogP contribution in [0.15, 0.2) is 66.7 Å². The molecule has 106 valence electrons. The Kier molecular flexibility index (Phi) is 2.73. The van der Waals surface area contributed by atoms with Crippen LogP contribution in [0, 0.1) is 0 Å². The van der Waals surface area contributed by atoms with Gasteiger partial charge < -0.3 is 10.1 Å². The molecule has 0 saturated carbocycles. The van der Waals surface area contributed by atoms with E-state index in [0.717, 1.165) is 16.3 Å². The highest BCUT2D eigenvalue weighted by atomic mass is 16.3. The predicted octanol–water partition coefficient (Wildman–Crippen LogP) is 4.26. The van der Waals surface area contributed by atoms with Crippen molar-refractivity contribution in [3.63, 3.8) is 0 Å². The lowest BCUT2D eigenvalue weighted by atomic mass is 10.0. The molecular weight excluding hydrogens is 274 g/mol. The number of ketones is 1. The molecule has 0 bridgehead atoms. The van der Waals surface area contributed by atoms with Crippen LogP contribution in [0.4, 0.5) is 0 Å². The first kappa shape index (κ1) is 12.7. The number of aromatic nitrogens is 1. The number of para-hydroxylation sites is 1. The number of aromatic hydroxyl groups is 1. The van der Waals surface area contributed by atoms with Gasteiger partial charge in [0.2, 0.25) is 5.78 Å². The van der Waals surface area contributed by atoms with E-state index in [9.17, 15) is 9.90 Å². The first-order valence-corrected chi connectivity index (χ1v) is 7.07. The maximum absolute atomic E-state index is 12.7. The van der Waals surface area contributed by atoms with Crippen LogP contribution in [0.2, 0.25) is 0 Å². The summed E-state index contributed by atoms with van der Waals surface area (Å²) >= 11 is 0. The number of nitrogens with one attached hydrogen (secondary N) is 1. The predicted molar refractivity (Wildman–Crippen MR) is 87.3 cm³/mol. The number of phenols is 1. The fourth-order valence-corrected chi connectivity index (χ4v) is 2.78. The highest BCUT2D eigenvalue weighted by molar-refractivity contribution is 6.14. The number of aromatic amines is 1. The van der Waals surface area contributed by atoms with Crippen molar-refractivity contribution >= 4 is 27.5 Å². The normalized spacial score (nSPS) is 11.1. The van der Waals surface area contributed by atoms with Crippen molar-refractivity contribution in [1.29, 1.82) is 0 Å². The standard InChI is InChI=1S/C19H13NO2/c21-18-14-7-3-1-5-12(14)9-10-15(18)19(22)17-11-13-6-2-4-8-16(13)20-17/h1-11,20-21H. The summed E-state index contributed by atoms with van der Waals surface area (Å²) in [5, 5.41) is 13.0. The molecule has 4 rings (SSSR count). The number of carbonyl (C=O) groups excluding carboxylic acids is 1. The van der Waals surface area contributed by atoms with Crippen LogP contribution in [0.5, 0.6) is 5.75 Å². The fourth-order valence-electron chi connectivity index (χ4n) is 2.78. The molecular formula is C19H13NO2. The maximum atomic E-state index is 12.7. The average molecular weight is 287 g/mol. The van der Waals surface area contributed by atoms with Crippen molar-refractivity contribution in [2.75, 3.05) is 0 Å². The van der Waals surface area contributed by atoms with Crippen LogP contribution in [0.1, 0.15) is 16.1 Å². The third-order valence-electron chi connectivity index (χ3n) is 3.92. The molecule has 1 heterocycles. The number of H-pyrrole nitrogens is 1. The summed E-state index contributed by atoms with van der Waals surface area (Å²) in [4.78, 5) is 15.8. The van der Waals surface area contributed by atoms with Crippen molar-refractivity contribution in [3.8, 4) is 5.75 Å². The van der Waals surface area contributed by atoms with E-state index in [-0.39, 0.29) is 11.5 Å². The number of carbonyl (C=O) groups is 1. The van der Waals surface area contributed by atoms with Gasteiger partial charge in [-0.3, -0.25) is 4.79 Å². The van der Waals surface area contributed by atoms with E-state index in [4.69, 9.17) is 0 Å². The second-order valence-electron chi connectivity index (χ2n) is 5.28. The average Bonchev–Trinajstić information content (AvgIpc) is 2.99. The summed E-state index contributed by atoms with van der Waals surface area (Å²) in [6.07, 6.45) is 0. The van der Waals surface area contributed by atoms with Gasteiger partial charge in [0.25, 0.3) is 0 Å². The molecule has 0 aliphatic heterocycles. The van der Waals surface area contributed by atoms with Crippen molar-refractivity contribution in [3.05, 3.63) is 78.0 Å². The van der Waals surface area contributed by atoms with E-state index in [0.29, 0.717) is 16.6 Å². The summed E-state index contributed by atoms with van der Waals surface area (Å²) in [6.45, 7) is 0. The van der Waals surface area contributed by atoms with Gasteiger partial charge in [-0.1, -0.05) is 48.5 Å². The molecule has 3 nitrogen and oxygen atoms in total. The zero-order valence-electron chi connectivity index (χ0n) is 11.7. The van der Waals surface area contributed by atoms with E-state index in [1.54, 1.807) is 6.07 Å². The number of benzene rings is 3. The minimum atomic E-state index is -0.209. The summed E-state index contributed by atoms with van der Waals surface area (Å²) in [5.74, 6) is -0.179. The van der Waals surface area contributed by atoms with Gasteiger partial charge in [0.15, 0.2) is 0 Å². The molecule has 0 fully saturated rings. The second kappa shape index (κ2) is 4.74. The summed E-state index contributed by atoms with van der Waals surface area (Å²) in [6, 6.07) is 20.5. The van der Waals surface area contributed by atoms with E-state index >= 15 is 0 Å². The number of rotatable bonds is 2. The lowest BCUT2D eigenvalue weighted by Gasteiger charge is -2.06. The number of hydrogen-bond acceptors (Lipinski definition) is 2. The number of hydrogen-bond donors (Lipinski definition) is 2. The maximum Gasteiger partial charge on any atom is 0.212 e. The molecule has 3 aromatic carbocycles. The highest BCUT2D eigenvalue weighted by Gasteiger charge is 2.17. The molecule has 0 atom stereocenters. The van der Waals surface area contributed by atoms with Crippen molar-refractivity contribution in [1.82, 2.24) is 4.98 Å². The summed E-state index contributed by atoms with van der Waals surface area (Å²) in [7, 11) is 0. The molecule has 0 unspecified atom stereocenters. The number of phenolic OH excluding ortho intramolecular Hbond substituents is 1. The quantitative estimate of drug-likeness (QED) is 0.541. The van der Waals surface area contributed by atoms with Gasteiger partial charge >= 0.3 is 0 Å². The number of fused-ring (bicyclic) bond motifs is 2. The van der Waals surface area contributed by atoms with Crippen LogP contribution >= 0.6 is 0 Å². The molecule has 2 N–H and O–H groups in total. The third kappa shape index (κ3) is 1.87. The van der Waals surface area contributed by atoms with Gasteiger partial charge in [-0.25, -0.2) is 0 Å². The zero-order valence-corrected chi connectivity index (χ0v) is 11.7. The van der Waals surface area contributed by atoms with Crippen molar-refractivity contribution < 1.29 is 9.90 Å². The van der Waals surface area contributed by atoms with E-state index in [1.165, 1.54) is 0 Å². The van der Waals surface area contributed by atoms with E-state index < -0.39 is 0 Å². The molecule has 4 aromatic rings. The fraction of sp³-hybridized carbons (Fsp3) is 0. The van der Waals surface area contributed by atoms with Gasteiger partial charge in [0.1, 0.15) is 5.75 Å². The molecule has 0 amide bonds. The van der Waals surface area contributed by atoms with Gasteiger partial charge in [0.05, 0.1) is 11.3 Å². The second-order valence-corrected chi connectivity index (χ2v) is 5.28. The minimum Gasteiger partial charge on any atom is -0.507 e. The Bertz CT molecular complexity index is 981. The summed E-state index contributed by atoms with van der Waals surface area (Å²) in [5.41, 5.74) is 1.70. The third-order valence-corrected chi connectivity index (χ3v) is 3.92. The van der Waals surface area contributed by atoms with E-state index in [1.807, 2.05) is 60.7 Å². The molecule has 3 heteroatoms. The Morgan fingerprint density at radius 1 is 0.864 bits per heavy atom. The van der Waals surface area contributed by atoms with Crippen LogP contribution in [0.3, 0.4) is 0 Å². The van der Waals surface area contributed by atoms with Gasteiger partial charge in [-0.15, -0.1) is 0 Å². The topological polar surface area (TPSA) is 53.1 Å². The smallest absolute Gasteiger partial charge is 0.212 e. The van der Waals surface area contributed by atoms with Gasteiger partial charge in [-0.2, -0.15) is 0 Å². The van der Waals surface area contributed by atoms with Crippen LogP contribution in [-0.4, -0.2) is 15.9 Å². The molecule has 0 spiro atoms. The van der Waals surface area contributed by atoms with Gasteiger partial charge in [0, 0.05) is 16.3 Å². The van der Waals surface area contributed by atoms with Crippen LogP contribution in [0.25, 0.3) is 21.7 Å². The largest absolute Gasteiger partial charge is 0.507 e. The Balaban J connectivity index is 1.87. The Morgan fingerprint density at radius 2 is 1.59 bits per heavy atom. The monoisotopic (exact) mass is 287 g/mol. The summed E-state index contributed by atoms with van der Waals surface area (Å²) < 4.78 is 0. The van der Waals surface area contributed by atoms with Crippen molar-refractivity contribution in [2.45, 2.75) is 0 Å². The molecule has 1 aromatic heterocycles. The molecule has 0 aliphatic rings. The Hall–Kier alpha value is -3.07. The first-order chi connectivity index (χ1) is 10.7. The van der Waals surface area contributed by atoms with Crippen molar-refractivity contribution in [2.24, 2.45) is 0 Å². The first-order valence-electron chi connectivity index (χ1n) is 7.07. The van der Waals surface area contributed by atoms with Gasteiger partial charge in [-0.05, 0) is 23.6 Å². The van der Waals surface area contributed by atoms with Crippen LogP contribution < -0.4 is 0 Å². The Labute approximate surface area is 126 Å².